The van der Waals surface area contributed by atoms with Gasteiger partial charge in [0, 0.05) is 46.7 Å². The van der Waals surface area contributed by atoms with Gasteiger partial charge in [-0.25, -0.2) is 0 Å². The molecule has 1 aliphatic heterocycles. The zero-order valence-corrected chi connectivity index (χ0v) is 38.8. The number of allylic oxidation sites excluding steroid dienone is 6. The average Bonchev–Trinajstić information content (AvgIpc) is 3.96. The molecule has 388 valence electrons. The van der Waals surface area contributed by atoms with Crippen LogP contribution >= 0.6 is 6.88 Å². The molecule has 1 aromatic heterocycles. The maximum absolute atomic E-state index is 15.0. The van der Waals surface area contributed by atoms with Gasteiger partial charge in [0.05, 0.1) is 10.9 Å². The first-order valence-corrected chi connectivity index (χ1v) is 24.7. The number of alkyl halides is 15. The van der Waals surface area contributed by atoms with Crippen LogP contribution in [0.1, 0.15) is 63.5 Å². The Morgan fingerprint density at radius 2 is 1.08 bits per heavy atom. The summed E-state index contributed by atoms with van der Waals surface area (Å²) in [4.78, 5) is 0. The van der Waals surface area contributed by atoms with E-state index in [1.54, 1.807) is 0 Å². The van der Waals surface area contributed by atoms with Gasteiger partial charge in [-0.1, -0.05) is 124 Å². The number of nitrogens with zero attached hydrogens (tertiary/aromatic N) is 2. The predicted octanol–water partition coefficient (Wildman–Crippen LogP) is 18.1. The van der Waals surface area contributed by atoms with Gasteiger partial charge in [0.2, 0.25) is 11.4 Å². The molecule has 72 heavy (non-hydrogen) atoms. The Morgan fingerprint density at radius 3 is 1.64 bits per heavy atom. The van der Waals surface area contributed by atoms with Crippen LogP contribution in [0.4, 0.5) is 84.1 Å². The summed E-state index contributed by atoms with van der Waals surface area (Å²) in [5.74, 6) is 0. The van der Waals surface area contributed by atoms with E-state index in [1.807, 2.05) is 0 Å². The van der Waals surface area contributed by atoms with E-state index < -0.39 is 42.4 Å². The summed E-state index contributed by atoms with van der Waals surface area (Å²) in [7, 11) is 0. The minimum atomic E-state index is -15.0. The molecule has 0 fully saturated rings. The van der Waals surface area contributed by atoms with Crippen molar-refractivity contribution in [2.45, 2.75) is 94.4 Å². The molecule has 8 rings (SSSR count). The van der Waals surface area contributed by atoms with E-state index in [2.05, 4.69) is 150 Å². The Hall–Kier alpha value is -5.78. The quantitative estimate of drug-likeness (QED) is 0.0619. The molecule has 0 amide bonds. The van der Waals surface area contributed by atoms with Gasteiger partial charge in [0.25, 0.3) is 0 Å². The van der Waals surface area contributed by atoms with Crippen LogP contribution in [0.15, 0.2) is 133 Å². The van der Waals surface area contributed by atoms with Crippen molar-refractivity contribution < 1.29 is 83.0 Å². The first kappa shape index (κ1) is 54.0. The fourth-order valence-corrected chi connectivity index (χ4v) is 12.0. The van der Waals surface area contributed by atoms with E-state index in [4.69, 9.17) is 0 Å². The standard InChI is InChI=1S/C45H43N2.C6F18P/c1-3-5-30-46-39(37-20-10-16-33-18-12-22-41(46)44(33)37)28-26-35-24-25-36(43(35)32-14-8-7-9-15-32)27-29-40-38-21-11-17-34-19-13-23-42(45(34)38)47(40)31-6-4-2;7-1(8,9)4(16,17)25(22,23,24,5(18,19)2(10,11)12)6(20,21)3(13,14)15/h7-23,26-29H,3-6,24-25,30-31H2,1-2H3;/q+1;-1. The van der Waals surface area contributed by atoms with Crippen molar-refractivity contribution in [1.82, 2.24) is 4.57 Å². The first-order chi connectivity index (χ1) is 33.3. The van der Waals surface area contributed by atoms with E-state index >= 15 is 0 Å². The maximum atomic E-state index is 13.4. The summed E-state index contributed by atoms with van der Waals surface area (Å²) >= 11 is 0. The van der Waals surface area contributed by atoms with Crippen molar-refractivity contribution in [2.24, 2.45) is 0 Å². The fraction of sp³-hybridized carbons (Fsp3) is 0.314. The topological polar surface area (TPSA) is 7.94 Å². The van der Waals surface area contributed by atoms with E-state index in [0.717, 1.165) is 25.9 Å². The van der Waals surface area contributed by atoms with Crippen LogP contribution in [0.25, 0.3) is 44.1 Å². The second-order valence-corrected chi connectivity index (χ2v) is 21.8. The van der Waals surface area contributed by atoms with Crippen molar-refractivity contribution in [3.63, 3.8) is 0 Å². The molecule has 2 heterocycles. The Kier molecular flexibility index (Phi) is 13.5. The number of aryl methyl sites for hydroxylation is 1. The molecule has 2 aliphatic rings. The van der Waals surface area contributed by atoms with Gasteiger partial charge in [-0.15, -0.1) is 0 Å². The second-order valence-electron chi connectivity index (χ2n) is 17.5. The second kappa shape index (κ2) is 18.0. The van der Waals surface area contributed by atoms with Crippen molar-refractivity contribution in [3.8, 4) is 0 Å². The summed E-state index contributed by atoms with van der Waals surface area (Å²) < 4.78 is 228. The van der Waals surface area contributed by atoms with Gasteiger partial charge < -0.3 is 4.57 Å². The van der Waals surface area contributed by atoms with Gasteiger partial charge in [-0.3, -0.25) is 0 Å². The van der Waals surface area contributed by atoms with E-state index in [0.29, 0.717) is 0 Å². The summed E-state index contributed by atoms with van der Waals surface area (Å²) in [6.07, 6.45) is -9.64. The first-order valence-electron chi connectivity index (χ1n) is 22.4. The summed E-state index contributed by atoms with van der Waals surface area (Å²) in [6, 6.07) is 38.1. The van der Waals surface area contributed by atoms with E-state index in [-0.39, 0.29) is 0 Å². The number of rotatable bonds is 13. The molecule has 6 aromatic rings. The molecule has 0 saturated carbocycles. The summed E-state index contributed by atoms with van der Waals surface area (Å²) in [5.41, 5.74) is -18.3. The van der Waals surface area contributed by atoms with Gasteiger partial charge in [-0.2, -0.15) is 4.58 Å². The Labute approximate surface area is 399 Å². The molecule has 0 radical (unpaired) electrons. The van der Waals surface area contributed by atoms with Gasteiger partial charge in [-0.05, 0) is 70.5 Å². The molecule has 5 aromatic carbocycles. The Bertz CT molecular complexity index is 3150. The monoisotopic (exact) mass is 1060 g/mol. The van der Waals surface area contributed by atoms with Crippen LogP contribution in [0.5, 0.6) is 0 Å². The fourth-order valence-electron chi connectivity index (χ4n) is 9.28. The number of hydrogen-bond donors (Lipinski definition) is 0. The molecular formula is C51H43F18N2P. The minimum absolute atomic E-state index is 1.04. The summed E-state index contributed by atoms with van der Waals surface area (Å²) in [5, 5.41) is 8.11. The van der Waals surface area contributed by atoms with Crippen LogP contribution < -0.4 is 5.35 Å². The SMILES string of the molecule is CCCCn1/c(=C/C=C2\CCC(/C=C/C3=[N+](CCCC)c4cccc5cccc3c45)=C2c2ccccc2)c2cccc3cccc1c32.FC(F)(F)C(F)(F)[P-](F)(F)(F)(C(F)(F)C(F)(F)F)C(F)(F)C(F)(F)F. The number of benzene rings is 5. The van der Waals surface area contributed by atoms with Crippen LogP contribution in [0.3, 0.4) is 0 Å². The third kappa shape index (κ3) is 7.82. The molecule has 21 heteroatoms. The van der Waals surface area contributed by atoms with Crippen molar-refractivity contribution in [3.05, 3.63) is 149 Å². The van der Waals surface area contributed by atoms with Crippen LogP contribution in [-0.2, 0) is 6.54 Å². The third-order valence-corrected chi connectivity index (χ3v) is 17.4. The average molecular weight is 1060 g/mol. The van der Waals surface area contributed by atoms with Crippen LogP contribution in [0.2, 0.25) is 0 Å². The zero-order chi connectivity index (χ0) is 53.2. The van der Waals surface area contributed by atoms with Gasteiger partial charge in [0.15, 0.2) is 0 Å². The normalized spacial score (nSPS) is 17.3. The Balaban J connectivity index is 0.000000260. The van der Waals surface area contributed by atoms with Gasteiger partial charge in [0.1, 0.15) is 6.54 Å². The predicted molar refractivity (Wildman–Crippen MR) is 245 cm³/mol. The Morgan fingerprint density at radius 1 is 0.556 bits per heavy atom. The number of hydrogen-bond acceptors (Lipinski definition) is 0. The number of aromatic nitrogens is 1. The van der Waals surface area contributed by atoms with Crippen molar-refractivity contribution in [2.75, 3.05) is 6.54 Å². The van der Waals surface area contributed by atoms with Crippen LogP contribution in [0, 0.1) is 0 Å². The van der Waals surface area contributed by atoms with Crippen molar-refractivity contribution in [1.29, 1.82) is 0 Å². The molecule has 0 spiro atoms. The zero-order valence-electron chi connectivity index (χ0n) is 37.9. The molecule has 0 bridgehead atoms. The molecule has 0 saturated heterocycles. The molecule has 1 aliphatic carbocycles. The molecule has 0 N–H and O–H groups in total. The molecule has 2 nitrogen and oxygen atoms in total. The molecule has 0 unspecified atom stereocenters. The number of halogens is 18. The molecule has 0 atom stereocenters. The van der Waals surface area contributed by atoms with E-state index in [9.17, 15) is 78.4 Å². The van der Waals surface area contributed by atoms with Crippen molar-refractivity contribution >= 4 is 62.4 Å². The van der Waals surface area contributed by atoms with E-state index in [1.165, 1.54) is 103 Å². The molecular weight excluding hydrogens is 1010 g/mol. The third-order valence-electron chi connectivity index (χ3n) is 13.0. The van der Waals surface area contributed by atoms with Crippen LogP contribution in [-0.4, -0.2) is 56.9 Å². The summed E-state index contributed by atoms with van der Waals surface area (Å²) in [6.45, 7) is -8.36. The van der Waals surface area contributed by atoms with Gasteiger partial charge >= 0.3 is 121 Å². The number of unbranched alkanes of at least 4 members (excludes halogenated alkanes) is 2.